The molecule has 2 aromatic heterocycles. The van der Waals surface area contributed by atoms with Crippen molar-refractivity contribution in [2.75, 3.05) is 6.61 Å². The second-order valence-corrected chi connectivity index (χ2v) is 6.71. The van der Waals surface area contributed by atoms with E-state index in [0.29, 0.717) is 39.3 Å². The molecule has 8 heteroatoms. The molecule has 140 valence electrons. The number of amides is 2. The van der Waals surface area contributed by atoms with Crippen molar-refractivity contribution in [3.05, 3.63) is 58.3 Å². The number of aryl methyl sites for hydroxylation is 2. The number of nitrogens with zero attached hydrogens (tertiary/aromatic N) is 1. The van der Waals surface area contributed by atoms with Crippen LogP contribution in [0.2, 0.25) is 0 Å². The number of hydrazine groups is 1. The highest BCUT2D eigenvalue weighted by atomic mass is 32.1. The average molecular weight is 385 g/mol. The Kier molecular flexibility index (Phi) is 5.56. The van der Waals surface area contributed by atoms with Gasteiger partial charge < -0.3 is 9.15 Å². The number of furan rings is 1. The molecule has 27 heavy (non-hydrogen) atoms. The van der Waals surface area contributed by atoms with Gasteiger partial charge in [0.25, 0.3) is 11.8 Å². The van der Waals surface area contributed by atoms with Crippen molar-refractivity contribution in [2.24, 2.45) is 0 Å². The summed E-state index contributed by atoms with van der Waals surface area (Å²) in [4.78, 5) is 29.3. The van der Waals surface area contributed by atoms with E-state index in [1.54, 1.807) is 31.2 Å². The molecule has 2 heterocycles. The van der Waals surface area contributed by atoms with Crippen molar-refractivity contribution in [1.82, 2.24) is 15.8 Å². The molecule has 0 saturated carbocycles. The van der Waals surface area contributed by atoms with E-state index in [4.69, 9.17) is 9.15 Å². The van der Waals surface area contributed by atoms with Crippen LogP contribution in [-0.4, -0.2) is 23.4 Å². The maximum atomic E-state index is 12.4. The van der Waals surface area contributed by atoms with Gasteiger partial charge in [-0.05, 0) is 57.2 Å². The van der Waals surface area contributed by atoms with Crippen LogP contribution in [0.25, 0.3) is 10.8 Å². The predicted molar refractivity (Wildman–Crippen MR) is 102 cm³/mol. The van der Waals surface area contributed by atoms with Crippen molar-refractivity contribution in [1.29, 1.82) is 0 Å². The zero-order chi connectivity index (χ0) is 19.4. The molecule has 2 amide bonds. The summed E-state index contributed by atoms with van der Waals surface area (Å²) in [6, 6.07) is 10.3. The number of hydrogen-bond acceptors (Lipinski definition) is 6. The number of aromatic nitrogens is 1. The zero-order valence-electron chi connectivity index (χ0n) is 15.2. The molecule has 0 saturated heterocycles. The van der Waals surface area contributed by atoms with Gasteiger partial charge in [0.2, 0.25) is 0 Å². The number of rotatable bonds is 5. The number of ether oxygens (including phenoxy) is 1. The van der Waals surface area contributed by atoms with E-state index in [2.05, 4.69) is 15.8 Å². The summed E-state index contributed by atoms with van der Waals surface area (Å²) in [5, 5.41) is 0.614. The molecule has 3 rings (SSSR count). The van der Waals surface area contributed by atoms with Crippen molar-refractivity contribution < 1.29 is 18.7 Å². The monoisotopic (exact) mass is 385 g/mol. The van der Waals surface area contributed by atoms with Gasteiger partial charge in [0.05, 0.1) is 12.3 Å². The van der Waals surface area contributed by atoms with Crippen LogP contribution in [0.15, 0.2) is 40.8 Å². The van der Waals surface area contributed by atoms with Crippen LogP contribution in [0.1, 0.15) is 38.4 Å². The maximum Gasteiger partial charge on any atom is 0.281 e. The Labute approximate surface area is 160 Å². The van der Waals surface area contributed by atoms with Gasteiger partial charge in [-0.1, -0.05) is 0 Å². The molecule has 2 N–H and O–H groups in total. The van der Waals surface area contributed by atoms with Crippen LogP contribution < -0.4 is 15.6 Å². The van der Waals surface area contributed by atoms with E-state index in [1.807, 2.05) is 26.0 Å². The quantitative estimate of drug-likeness (QED) is 0.656. The molecule has 0 bridgehead atoms. The number of carbonyl (C=O) groups excluding carboxylic acids is 2. The van der Waals surface area contributed by atoms with Crippen LogP contribution in [0.4, 0.5) is 0 Å². The van der Waals surface area contributed by atoms with Gasteiger partial charge in [0.15, 0.2) is 10.8 Å². The normalized spacial score (nSPS) is 10.5. The van der Waals surface area contributed by atoms with Crippen molar-refractivity contribution in [3.63, 3.8) is 0 Å². The molecule has 0 fully saturated rings. The molecule has 0 atom stereocenters. The Morgan fingerprint density at radius 2 is 1.78 bits per heavy atom. The maximum absolute atomic E-state index is 12.4. The molecule has 0 aliphatic carbocycles. The number of thiazole rings is 1. The fraction of sp³-hybridized carbons (Fsp3) is 0.211. The van der Waals surface area contributed by atoms with Crippen LogP contribution in [0, 0.1) is 13.8 Å². The first-order chi connectivity index (χ1) is 13.0. The SMILES string of the molecule is CCOc1ccc(C(=O)NNC(=O)c2sc(-c3ccc(C)o3)nc2C)cc1. The minimum atomic E-state index is -0.432. The van der Waals surface area contributed by atoms with Gasteiger partial charge in [0.1, 0.15) is 16.4 Å². The summed E-state index contributed by atoms with van der Waals surface area (Å²) < 4.78 is 10.9. The van der Waals surface area contributed by atoms with E-state index in [1.165, 1.54) is 11.3 Å². The average Bonchev–Trinajstić information content (AvgIpc) is 3.26. The topological polar surface area (TPSA) is 93.5 Å². The molecule has 0 unspecified atom stereocenters. The lowest BCUT2D eigenvalue weighted by molar-refractivity contribution is 0.0848. The second-order valence-electron chi connectivity index (χ2n) is 5.71. The Bertz CT molecular complexity index is 960. The molecule has 0 spiro atoms. The zero-order valence-corrected chi connectivity index (χ0v) is 16.0. The third kappa shape index (κ3) is 4.35. The summed E-state index contributed by atoms with van der Waals surface area (Å²) >= 11 is 1.20. The Morgan fingerprint density at radius 1 is 1.07 bits per heavy atom. The number of hydrogen-bond donors (Lipinski definition) is 2. The third-order valence-corrected chi connectivity index (χ3v) is 4.84. The van der Waals surface area contributed by atoms with Crippen molar-refractivity contribution in [3.8, 4) is 16.5 Å². The molecule has 0 aliphatic rings. The first-order valence-corrected chi connectivity index (χ1v) is 9.17. The Morgan fingerprint density at radius 3 is 2.41 bits per heavy atom. The summed E-state index contributed by atoms with van der Waals surface area (Å²) in [7, 11) is 0. The van der Waals surface area contributed by atoms with E-state index >= 15 is 0 Å². The van der Waals surface area contributed by atoms with Gasteiger partial charge >= 0.3 is 0 Å². The smallest absolute Gasteiger partial charge is 0.281 e. The largest absolute Gasteiger partial charge is 0.494 e. The van der Waals surface area contributed by atoms with Crippen molar-refractivity contribution in [2.45, 2.75) is 20.8 Å². The highest BCUT2D eigenvalue weighted by molar-refractivity contribution is 7.17. The van der Waals surface area contributed by atoms with Gasteiger partial charge in [-0.15, -0.1) is 11.3 Å². The first kappa shape index (κ1) is 18.7. The highest BCUT2D eigenvalue weighted by Crippen LogP contribution is 2.29. The van der Waals surface area contributed by atoms with E-state index in [0.717, 1.165) is 5.76 Å². The summed E-state index contributed by atoms with van der Waals surface area (Å²) in [6.45, 7) is 6.01. The van der Waals surface area contributed by atoms with E-state index in [-0.39, 0.29) is 0 Å². The Hall–Kier alpha value is -3.13. The molecular weight excluding hydrogens is 366 g/mol. The highest BCUT2D eigenvalue weighted by Gasteiger charge is 2.18. The summed E-state index contributed by atoms with van der Waals surface area (Å²) in [5.74, 6) is 1.21. The lowest BCUT2D eigenvalue weighted by Crippen LogP contribution is -2.41. The number of nitrogens with one attached hydrogen (secondary N) is 2. The molecule has 0 aliphatic heterocycles. The second kappa shape index (κ2) is 8.05. The molecule has 7 nitrogen and oxygen atoms in total. The van der Waals surface area contributed by atoms with Crippen LogP contribution >= 0.6 is 11.3 Å². The van der Waals surface area contributed by atoms with Crippen LogP contribution in [0.3, 0.4) is 0 Å². The minimum absolute atomic E-state index is 0.408. The van der Waals surface area contributed by atoms with Gasteiger partial charge in [-0.3, -0.25) is 20.4 Å². The van der Waals surface area contributed by atoms with Gasteiger partial charge in [0, 0.05) is 5.56 Å². The third-order valence-electron chi connectivity index (χ3n) is 3.67. The fourth-order valence-electron chi connectivity index (χ4n) is 2.37. The minimum Gasteiger partial charge on any atom is -0.494 e. The lowest BCUT2D eigenvalue weighted by Gasteiger charge is -2.07. The lowest BCUT2D eigenvalue weighted by atomic mass is 10.2. The van der Waals surface area contributed by atoms with Crippen molar-refractivity contribution >= 4 is 23.2 Å². The Balaban J connectivity index is 1.63. The molecule has 3 aromatic rings. The van der Waals surface area contributed by atoms with E-state index < -0.39 is 11.8 Å². The number of benzene rings is 1. The predicted octanol–water partition coefficient (Wildman–Crippen LogP) is 3.49. The van der Waals surface area contributed by atoms with Gasteiger partial charge in [-0.25, -0.2) is 4.98 Å². The van der Waals surface area contributed by atoms with Gasteiger partial charge in [-0.2, -0.15) is 0 Å². The molecular formula is C19H19N3O4S. The summed E-state index contributed by atoms with van der Waals surface area (Å²) in [6.07, 6.45) is 0. The van der Waals surface area contributed by atoms with Crippen LogP contribution in [0.5, 0.6) is 5.75 Å². The summed E-state index contributed by atoms with van der Waals surface area (Å²) in [5.41, 5.74) is 5.80. The standard InChI is InChI=1S/C19H19N3O4S/c1-4-25-14-8-6-13(7-9-14)17(23)21-22-18(24)16-12(3)20-19(27-16)15-10-5-11(2)26-15/h5-10H,4H2,1-3H3,(H,21,23)(H,22,24). The van der Waals surface area contributed by atoms with Crippen LogP contribution in [-0.2, 0) is 0 Å². The molecule has 1 aromatic carbocycles. The number of carbonyl (C=O) groups is 2. The fourth-order valence-corrected chi connectivity index (χ4v) is 3.30. The van der Waals surface area contributed by atoms with E-state index in [9.17, 15) is 9.59 Å². The molecule has 0 radical (unpaired) electrons. The first-order valence-electron chi connectivity index (χ1n) is 8.35.